The van der Waals surface area contributed by atoms with Gasteiger partial charge in [0.1, 0.15) is 11.0 Å². The number of hydrogen-bond acceptors (Lipinski definition) is 4. The number of nitrogens with zero attached hydrogens (tertiary/aromatic N) is 2. The second-order valence-corrected chi connectivity index (χ2v) is 4.48. The molecule has 0 fully saturated rings. The van der Waals surface area contributed by atoms with Crippen LogP contribution in [0, 0.1) is 0 Å². The summed E-state index contributed by atoms with van der Waals surface area (Å²) in [7, 11) is 0. The molecule has 3 N–H and O–H groups in total. The number of hydrogen-bond donors (Lipinski definition) is 2. The van der Waals surface area contributed by atoms with E-state index in [4.69, 9.17) is 17.4 Å². The van der Waals surface area contributed by atoms with Crippen LogP contribution in [0.3, 0.4) is 0 Å². The number of halogens is 1. The number of nitrogens with two attached hydrogens (primary N) is 1. The quantitative estimate of drug-likeness (QED) is 0.516. The molecule has 1 amide bonds. The number of benzene rings is 1. The third-order valence-electron chi connectivity index (χ3n) is 2.82. The lowest BCUT2D eigenvalue weighted by Crippen LogP contribution is -2.30. The molecule has 2 aromatic rings. The smallest absolute Gasteiger partial charge is 0.258 e. The van der Waals surface area contributed by atoms with Crippen LogP contribution in [0.4, 0.5) is 11.5 Å². The Morgan fingerprint density at radius 1 is 1.35 bits per heavy atom. The molecule has 0 aliphatic rings. The average molecular weight is 291 g/mol. The largest absolute Gasteiger partial charge is 0.309 e. The molecule has 2 rings (SSSR count). The molecule has 0 bridgehead atoms. The third kappa shape index (κ3) is 3.07. The monoisotopic (exact) mass is 290 g/mol. The Balaban J connectivity index is 2.36. The Morgan fingerprint density at radius 2 is 2.05 bits per heavy atom. The van der Waals surface area contributed by atoms with Crippen molar-refractivity contribution in [3.8, 4) is 0 Å². The highest BCUT2D eigenvalue weighted by Gasteiger charge is 2.17. The first-order chi connectivity index (χ1) is 9.65. The summed E-state index contributed by atoms with van der Waals surface area (Å²) >= 11 is 5.89. The van der Waals surface area contributed by atoms with Crippen LogP contribution >= 0.6 is 11.6 Å². The zero-order valence-corrected chi connectivity index (χ0v) is 11.8. The van der Waals surface area contributed by atoms with E-state index in [1.54, 1.807) is 11.0 Å². The predicted octanol–water partition coefficient (Wildman–Crippen LogP) is 2.69. The highest BCUT2D eigenvalue weighted by atomic mass is 35.5. The first-order valence-electron chi connectivity index (χ1n) is 6.16. The van der Waals surface area contributed by atoms with Crippen molar-refractivity contribution >= 4 is 29.0 Å². The van der Waals surface area contributed by atoms with Crippen LogP contribution in [0.5, 0.6) is 0 Å². The van der Waals surface area contributed by atoms with E-state index in [0.29, 0.717) is 17.9 Å². The van der Waals surface area contributed by atoms with Crippen molar-refractivity contribution in [2.24, 2.45) is 5.84 Å². The van der Waals surface area contributed by atoms with E-state index in [1.165, 1.54) is 6.07 Å². The highest BCUT2D eigenvalue weighted by molar-refractivity contribution is 6.30. The van der Waals surface area contributed by atoms with Gasteiger partial charge in [-0.3, -0.25) is 4.79 Å². The fourth-order valence-corrected chi connectivity index (χ4v) is 2.11. The van der Waals surface area contributed by atoms with Gasteiger partial charge in [0, 0.05) is 17.8 Å². The van der Waals surface area contributed by atoms with Crippen LogP contribution in [0.25, 0.3) is 0 Å². The second kappa shape index (κ2) is 6.36. The first kappa shape index (κ1) is 14.3. The molecule has 6 heteroatoms. The maximum atomic E-state index is 12.6. The maximum Gasteiger partial charge on any atom is 0.258 e. The van der Waals surface area contributed by atoms with E-state index in [1.807, 2.05) is 37.3 Å². The maximum absolute atomic E-state index is 12.6. The van der Waals surface area contributed by atoms with Crippen LogP contribution in [0.2, 0.25) is 5.15 Å². The van der Waals surface area contributed by atoms with Gasteiger partial charge in [0.25, 0.3) is 5.91 Å². The van der Waals surface area contributed by atoms with Gasteiger partial charge in [-0.05, 0) is 31.2 Å². The van der Waals surface area contributed by atoms with Crippen molar-refractivity contribution in [1.82, 2.24) is 4.98 Å². The normalized spacial score (nSPS) is 10.2. The molecule has 0 radical (unpaired) electrons. The number of anilines is 2. The molecular weight excluding hydrogens is 276 g/mol. The van der Waals surface area contributed by atoms with Crippen LogP contribution in [-0.4, -0.2) is 17.4 Å². The number of pyridine rings is 1. The van der Waals surface area contributed by atoms with Crippen molar-refractivity contribution in [3.05, 3.63) is 53.2 Å². The van der Waals surface area contributed by atoms with Crippen molar-refractivity contribution in [1.29, 1.82) is 0 Å². The summed E-state index contributed by atoms with van der Waals surface area (Å²) in [5.74, 6) is 5.51. The molecule has 0 spiro atoms. The minimum atomic E-state index is -0.153. The number of hydrazine groups is 1. The number of nitrogen functional groups attached to an aromatic ring is 1. The Bertz CT molecular complexity index is 603. The number of para-hydroxylation sites is 1. The number of carbonyl (C=O) groups excluding carboxylic acids is 1. The van der Waals surface area contributed by atoms with Gasteiger partial charge in [0.15, 0.2) is 0 Å². The van der Waals surface area contributed by atoms with Crippen molar-refractivity contribution in [3.63, 3.8) is 0 Å². The molecule has 5 nitrogen and oxygen atoms in total. The summed E-state index contributed by atoms with van der Waals surface area (Å²) in [6, 6.07) is 12.5. The molecule has 0 aliphatic carbocycles. The van der Waals surface area contributed by atoms with Gasteiger partial charge in [-0.1, -0.05) is 29.8 Å². The summed E-state index contributed by atoms with van der Waals surface area (Å²) in [6.07, 6.45) is 0. The van der Waals surface area contributed by atoms with Gasteiger partial charge in [-0.2, -0.15) is 0 Å². The molecule has 20 heavy (non-hydrogen) atoms. The van der Waals surface area contributed by atoms with Gasteiger partial charge in [-0.25, -0.2) is 10.8 Å². The summed E-state index contributed by atoms with van der Waals surface area (Å²) in [5.41, 5.74) is 3.66. The molecule has 1 aromatic heterocycles. The number of nitrogens with one attached hydrogen (secondary N) is 1. The molecule has 0 saturated heterocycles. The van der Waals surface area contributed by atoms with E-state index in [-0.39, 0.29) is 11.1 Å². The highest BCUT2D eigenvalue weighted by Crippen LogP contribution is 2.20. The summed E-state index contributed by atoms with van der Waals surface area (Å²) < 4.78 is 0. The van der Waals surface area contributed by atoms with E-state index in [0.717, 1.165) is 5.69 Å². The lowest BCUT2D eigenvalue weighted by molar-refractivity contribution is 0.0988. The van der Waals surface area contributed by atoms with Crippen LogP contribution in [0.1, 0.15) is 17.3 Å². The lowest BCUT2D eigenvalue weighted by atomic mass is 10.2. The fourth-order valence-electron chi connectivity index (χ4n) is 1.90. The predicted molar refractivity (Wildman–Crippen MR) is 80.8 cm³/mol. The fraction of sp³-hybridized carbons (Fsp3) is 0.143. The number of amides is 1. The van der Waals surface area contributed by atoms with Crippen molar-refractivity contribution in [2.45, 2.75) is 6.92 Å². The van der Waals surface area contributed by atoms with E-state index < -0.39 is 0 Å². The Morgan fingerprint density at radius 3 is 2.65 bits per heavy atom. The zero-order chi connectivity index (χ0) is 14.5. The summed E-state index contributed by atoms with van der Waals surface area (Å²) in [5, 5.41) is 0.216. The number of rotatable bonds is 4. The van der Waals surface area contributed by atoms with Crippen molar-refractivity contribution in [2.75, 3.05) is 16.9 Å². The van der Waals surface area contributed by atoms with E-state index in [9.17, 15) is 4.79 Å². The average Bonchev–Trinajstić information content (AvgIpc) is 2.48. The SMILES string of the molecule is CCN(C(=O)c1cc(Cl)nc(NN)c1)c1ccccc1. The lowest BCUT2D eigenvalue weighted by Gasteiger charge is -2.21. The topological polar surface area (TPSA) is 71.2 Å². The van der Waals surface area contributed by atoms with Gasteiger partial charge in [0.05, 0.1) is 0 Å². The van der Waals surface area contributed by atoms with E-state index >= 15 is 0 Å². The van der Waals surface area contributed by atoms with Gasteiger partial charge in [-0.15, -0.1) is 0 Å². The molecular formula is C14H15ClN4O. The Kier molecular flexibility index (Phi) is 4.55. The molecule has 0 unspecified atom stereocenters. The van der Waals surface area contributed by atoms with Gasteiger partial charge in [0.2, 0.25) is 0 Å². The van der Waals surface area contributed by atoms with Crippen LogP contribution in [-0.2, 0) is 0 Å². The van der Waals surface area contributed by atoms with E-state index in [2.05, 4.69) is 10.4 Å². The molecule has 1 aromatic carbocycles. The Labute approximate surface area is 122 Å². The van der Waals surface area contributed by atoms with Crippen molar-refractivity contribution < 1.29 is 4.79 Å². The molecule has 104 valence electrons. The van der Waals surface area contributed by atoms with Crippen LogP contribution < -0.4 is 16.2 Å². The standard InChI is InChI=1S/C14H15ClN4O/c1-2-19(11-6-4-3-5-7-11)14(20)10-8-12(15)17-13(9-10)18-16/h3-9H,2,16H2,1H3,(H,17,18). The molecule has 1 heterocycles. The zero-order valence-electron chi connectivity index (χ0n) is 11.0. The number of aromatic nitrogens is 1. The molecule has 0 aliphatic heterocycles. The first-order valence-corrected chi connectivity index (χ1v) is 6.54. The third-order valence-corrected chi connectivity index (χ3v) is 3.01. The summed E-state index contributed by atoms with van der Waals surface area (Å²) in [6.45, 7) is 2.46. The minimum absolute atomic E-state index is 0.153. The summed E-state index contributed by atoms with van der Waals surface area (Å²) in [4.78, 5) is 18.2. The van der Waals surface area contributed by atoms with Gasteiger partial charge >= 0.3 is 0 Å². The number of carbonyl (C=O) groups is 1. The van der Waals surface area contributed by atoms with Gasteiger partial charge < -0.3 is 10.3 Å². The minimum Gasteiger partial charge on any atom is -0.309 e. The molecule has 0 saturated carbocycles. The Hall–Kier alpha value is -2.11. The molecule has 0 atom stereocenters. The second-order valence-electron chi connectivity index (χ2n) is 4.09. The van der Waals surface area contributed by atoms with Crippen LogP contribution in [0.15, 0.2) is 42.5 Å².